The fourth-order valence-corrected chi connectivity index (χ4v) is 3.54. The van der Waals surface area contributed by atoms with Gasteiger partial charge in [-0.3, -0.25) is 4.79 Å². The summed E-state index contributed by atoms with van der Waals surface area (Å²) >= 11 is 0. The first-order chi connectivity index (χ1) is 13.2. The van der Waals surface area contributed by atoms with Gasteiger partial charge in [0.05, 0.1) is 0 Å². The van der Waals surface area contributed by atoms with Gasteiger partial charge in [0.1, 0.15) is 0 Å². The maximum atomic E-state index is 12.7. The van der Waals surface area contributed by atoms with E-state index >= 15 is 0 Å². The van der Waals surface area contributed by atoms with Crippen molar-refractivity contribution >= 4 is 16.8 Å². The molecule has 27 heavy (non-hydrogen) atoms. The van der Waals surface area contributed by atoms with Gasteiger partial charge in [-0.2, -0.15) is 0 Å². The molecule has 1 amide bonds. The minimum atomic E-state index is -0.0697. The maximum Gasteiger partial charge on any atom is 0.231 e. The van der Waals surface area contributed by atoms with Crippen LogP contribution < -0.4 is 14.8 Å². The molecule has 2 N–H and O–H groups in total. The normalized spacial score (nSPS) is 14.9. The number of benzene rings is 2. The molecule has 2 unspecified atom stereocenters. The van der Waals surface area contributed by atoms with Crippen LogP contribution in [-0.2, 0) is 4.79 Å². The van der Waals surface area contributed by atoms with Gasteiger partial charge in [0, 0.05) is 35.5 Å². The molecule has 4 rings (SSSR count). The molecule has 0 aliphatic carbocycles. The molecule has 0 saturated carbocycles. The van der Waals surface area contributed by atoms with E-state index in [-0.39, 0.29) is 24.7 Å². The Morgan fingerprint density at radius 3 is 2.85 bits per heavy atom. The molecule has 0 radical (unpaired) electrons. The Hall–Kier alpha value is -2.95. The number of aromatic nitrogens is 1. The molecule has 2 aromatic carbocycles. The van der Waals surface area contributed by atoms with Crippen molar-refractivity contribution in [3.63, 3.8) is 0 Å². The molecular formula is C22H24N2O3. The van der Waals surface area contributed by atoms with E-state index in [1.165, 1.54) is 0 Å². The van der Waals surface area contributed by atoms with Gasteiger partial charge in [0.25, 0.3) is 0 Å². The van der Waals surface area contributed by atoms with Crippen LogP contribution in [0.3, 0.4) is 0 Å². The lowest BCUT2D eigenvalue weighted by molar-refractivity contribution is -0.121. The van der Waals surface area contributed by atoms with Crippen molar-refractivity contribution in [2.24, 2.45) is 0 Å². The van der Waals surface area contributed by atoms with Crippen molar-refractivity contribution in [1.82, 2.24) is 10.3 Å². The zero-order valence-corrected chi connectivity index (χ0v) is 15.6. The van der Waals surface area contributed by atoms with Crippen LogP contribution in [0.5, 0.6) is 11.5 Å². The summed E-state index contributed by atoms with van der Waals surface area (Å²) in [5, 5.41) is 4.22. The highest BCUT2D eigenvalue weighted by Gasteiger charge is 2.24. The average molecular weight is 364 g/mol. The Morgan fingerprint density at radius 2 is 2.00 bits per heavy atom. The Morgan fingerprint density at radius 1 is 1.19 bits per heavy atom. The zero-order chi connectivity index (χ0) is 18.8. The highest BCUT2D eigenvalue weighted by molar-refractivity contribution is 5.86. The topological polar surface area (TPSA) is 63.4 Å². The van der Waals surface area contributed by atoms with Gasteiger partial charge in [-0.05, 0) is 42.7 Å². The Labute approximate surface area is 158 Å². The van der Waals surface area contributed by atoms with E-state index in [1.807, 2.05) is 43.5 Å². The lowest BCUT2D eigenvalue weighted by Crippen LogP contribution is -2.33. The lowest BCUT2D eigenvalue weighted by atomic mass is 9.87. The predicted molar refractivity (Wildman–Crippen MR) is 105 cm³/mol. The Balaban J connectivity index is 1.72. The fraction of sp³-hybridized carbons (Fsp3) is 0.318. The molecule has 140 valence electrons. The molecule has 3 aromatic rings. The third-order valence-electron chi connectivity index (χ3n) is 5.20. The van der Waals surface area contributed by atoms with E-state index in [2.05, 4.69) is 29.4 Å². The van der Waals surface area contributed by atoms with Crippen LogP contribution in [0.25, 0.3) is 10.9 Å². The number of aromatic amines is 1. The minimum absolute atomic E-state index is 0.0531. The molecule has 5 nitrogen and oxygen atoms in total. The number of rotatable bonds is 6. The monoisotopic (exact) mass is 364 g/mol. The van der Waals surface area contributed by atoms with E-state index in [0.717, 1.165) is 39.9 Å². The van der Waals surface area contributed by atoms with Crippen molar-refractivity contribution < 1.29 is 14.3 Å². The van der Waals surface area contributed by atoms with E-state index in [0.29, 0.717) is 6.42 Å². The summed E-state index contributed by atoms with van der Waals surface area (Å²) in [5.41, 5.74) is 3.23. The second-order valence-electron chi connectivity index (χ2n) is 7.04. The predicted octanol–water partition coefficient (Wildman–Crippen LogP) is 4.33. The van der Waals surface area contributed by atoms with Gasteiger partial charge >= 0.3 is 0 Å². The number of amides is 1. The third kappa shape index (κ3) is 3.50. The largest absolute Gasteiger partial charge is 0.454 e. The number of ether oxygens (including phenoxy) is 2. The quantitative estimate of drug-likeness (QED) is 0.684. The van der Waals surface area contributed by atoms with Crippen molar-refractivity contribution in [2.45, 2.75) is 38.6 Å². The number of para-hydroxylation sites is 1. The highest BCUT2D eigenvalue weighted by atomic mass is 16.7. The summed E-state index contributed by atoms with van der Waals surface area (Å²) in [6.45, 7) is 4.34. The van der Waals surface area contributed by atoms with E-state index in [1.54, 1.807) is 0 Å². The number of fused-ring (bicyclic) bond motifs is 2. The SMILES string of the molecule is CCC(C)NC(=O)CC(c1ccc2c(c1)OCO2)c1c[nH]c2ccccc12. The van der Waals surface area contributed by atoms with Crippen molar-refractivity contribution in [3.8, 4) is 11.5 Å². The van der Waals surface area contributed by atoms with Gasteiger partial charge in [0.15, 0.2) is 11.5 Å². The Kier molecular flexibility index (Phi) is 4.75. The molecule has 0 saturated heterocycles. The van der Waals surface area contributed by atoms with Crippen LogP contribution >= 0.6 is 0 Å². The number of nitrogens with one attached hydrogen (secondary N) is 2. The smallest absolute Gasteiger partial charge is 0.231 e. The summed E-state index contributed by atoms with van der Waals surface area (Å²) in [7, 11) is 0. The lowest BCUT2D eigenvalue weighted by Gasteiger charge is -2.19. The molecule has 1 aliphatic heterocycles. The van der Waals surface area contributed by atoms with Gasteiger partial charge < -0.3 is 19.8 Å². The molecule has 1 aromatic heterocycles. The molecule has 2 heterocycles. The highest BCUT2D eigenvalue weighted by Crippen LogP contribution is 2.39. The second-order valence-corrected chi connectivity index (χ2v) is 7.04. The van der Waals surface area contributed by atoms with E-state index in [9.17, 15) is 4.79 Å². The number of carbonyl (C=O) groups excluding carboxylic acids is 1. The third-order valence-corrected chi connectivity index (χ3v) is 5.20. The first-order valence-corrected chi connectivity index (χ1v) is 9.40. The number of hydrogen-bond acceptors (Lipinski definition) is 3. The van der Waals surface area contributed by atoms with Gasteiger partial charge in [-0.15, -0.1) is 0 Å². The van der Waals surface area contributed by atoms with E-state index in [4.69, 9.17) is 9.47 Å². The molecular weight excluding hydrogens is 340 g/mol. The molecule has 2 atom stereocenters. The summed E-state index contributed by atoms with van der Waals surface area (Å²) in [4.78, 5) is 16.0. The summed E-state index contributed by atoms with van der Waals surface area (Å²) in [6, 6.07) is 14.3. The van der Waals surface area contributed by atoms with Crippen LogP contribution in [0.1, 0.15) is 43.7 Å². The molecule has 1 aliphatic rings. The average Bonchev–Trinajstić information content (AvgIpc) is 3.32. The van der Waals surface area contributed by atoms with Crippen LogP contribution in [0.4, 0.5) is 0 Å². The van der Waals surface area contributed by atoms with Crippen molar-refractivity contribution in [2.75, 3.05) is 6.79 Å². The summed E-state index contributed by atoms with van der Waals surface area (Å²) in [6.07, 6.45) is 3.30. The standard InChI is InChI=1S/C22H24N2O3/c1-3-14(2)24-22(25)11-17(15-8-9-20-21(10-15)27-13-26-20)18-12-23-19-7-5-4-6-16(18)19/h4-10,12,14,17,23H,3,11,13H2,1-2H3,(H,24,25). The Bertz CT molecular complexity index is 963. The molecule has 0 bridgehead atoms. The van der Waals surface area contributed by atoms with Crippen molar-refractivity contribution in [1.29, 1.82) is 0 Å². The van der Waals surface area contributed by atoms with Crippen LogP contribution in [0.15, 0.2) is 48.7 Å². The van der Waals surface area contributed by atoms with Gasteiger partial charge in [0.2, 0.25) is 12.7 Å². The fourth-order valence-electron chi connectivity index (χ4n) is 3.54. The van der Waals surface area contributed by atoms with Gasteiger partial charge in [-0.1, -0.05) is 31.2 Å². The maximum absolute atomic E-state index is 12.7. The molecule has 5 heteroatoms. The number of hydrogen-bond donors (Lipinski definition) is 2. The zero-order valence-electron chi connectivity index (χ0n) is 15.6. The van der Waals surface area contributed by atoms with Crippen molar-refractivity contribution in [3.05, 3.63) is 59.8 Å². The first kappa shape index (κ1) is 17.5. The summed E-state index contributed by atoms with van der Waals surface area (Å²) in [5.74, 6) is 1.47. The molecule has 0 fully saturated rings. The summed E-state index contributed by atoms with van der Waals surface area (Å²) < 4.78 is 11.0. The number of H-pyrrole nitrogens is 1. The van der Waals surface area contributed by atoms with Gasteiger partial charge in [-0.25, -0.2) is 0 Å². The van der Waals surface area contributed by atoms with Crippen LogP contribution in [-0.4, -0.2) is 23.7 Å². The minimum Gasteiger partial charge on any atom is -0.454 e. The first-order valence-electron chi connectivity index (χ1n) is 9.40. The second kappa shape index (κ2) is 7.35. The van der Waals surface area contributed by atoms with Crippen LogP contribution in [0.2, 0.25) is 0 Å². The molecule has 0 spiro atoms. The van der Waals surface area contributed by atoms with Crippen LogP contribution in [0, 0.1) is 0 Å². The number of carbonyl (C=O) groups is 1. The van der Waals surface area contributed by atoms with E-state index < -0.39 is 0 Å².